The van der Waals surface area contributed by atoms with Gasteiger partial charge in [0.2, 0.25) is 0 Å². The van der Waals surface area contributed by atoms with Crippen molar-refractivity contribution in [3.8, 4) is 0 Å². The van der Waals surface area contributed by atoms with Crippen molar-refractivity contribution in [2.24, 2.45) is 0 Å². The van der Waals surface area contributed by atoms with Crippen molar-refractivity contribution in [1.29, 1.82) is 0 Å². The summed E-state index contributed by atoms with van der Waals surface area (Å²) in [7, 11) is 0. The fourth-order valence-electron chi connectivity index (χ4n) is 4.48. The van der Waals surface area contributed by atoms with Crippen LogP contribution in [0.4, 0.5) is 28.0 Å². The molecule has 2 heterocycles. The van der Waals surface area contributed by atoms with Gasteiger partial charge in [0.15, 0.2) is 0 Å². The van der Waals surface area contributed by atoms with Gasteiger partial charge in [-0.2, -0.15) is 13.2 Å². The lowest BCUT2D eigenvalue weighted by Crippen LogP contribution is -2.43. The average molecular weight is 453 g/mol. The molecule has 1 atom stereocenters. The van der Waals surface area contributed by atoms with Gasteiger partial charge in [-0.3, -0.25) is 0 Å². The Bertz CT molecular complexity index is 1330. The maximum absolute atomic E-state index is 13.6. The molecule has 4 aromatic rings. The summed E-state index contributed by atoms with van der Waals surface area (Å²) in [6, 6.07) is 17.1. The number of anilines is 1. The summed E-state index contributed by atoms with van der Waals surface area (Å²) in [6.45, 7) is 0.289. The normalized spacial score (nSPS) is 16.0. The Hall–Kier alpha value is -3.81. The first-order valence-corrected chi connectivity index (χ1v) is 10.4. The van der Waals surface area contributed by atoms with Crippen LogP contribution in [0.25, 0.3) is 10.9 Å². The van der Waals surface area contributed by atoms with Crippen molar-refractivity contribution < 1.29 is 22.4 Å². The summed E-state index contributed by atoms with van der Waals surface area (Å²) in [4.78, 5) is 18.1. The van der Waals surface area contributed by atoms with E-state index >= 15 is 0 Å². The number of rotatable bonds is 2. The van der Waals surface area contributed by atoms with Crippen LogP contribution in [-0.4, -0.2) is 22.5 Å². The van der Waals surface area contributed by atoms with Gasteiger partial charge in [-0.25, -0.2) is 9.18 Å². The topological polar surface area (TPSA) is 48.1 Å². The third-order valence-electron chi connectivity index (χ3n) is 5.96. The lowest BCUT2D eigenvalue weighted by Gasteiger charge is -2.36. The highest BCUT2D eigenvalue weighted by molar-refractivity contribution is 5.92. The van der Waals surface area contributed by atoms with Crippen molar-refractivity contribution in [1.82, 2.24) is 9.88 Å². The Balaban J connectivity index is 1.57. The summed E-state index contributed by atoms with van der Waals surface area (Å²) in [6.07, 6.45) is -4.07. The van der Waals surface area contributed by atoms with Crippen molar-refractivity contribution in [2.45, 2.75) is 18.6 Å². The standard InChI is InChI=1S/C25H19F4N3O/c26-16-11-9-15(10-12-16)23-22-18(17-5-1-3-7-20(17)30-22)13-14-32(23)24(33)31-21-8-4-2-6-19(21)25(27,28)29/h1-12,23,30H,13-14H2,(H,31,33)/t23-/m0/s1. The SMILES string of the molecule is O=C(Nc1ccccc1C(F)(F)F)N1CCc2c([nH]c3ccccc23)[C@@H]1c1ccc(F)cc1. The van der Waals surface area contributed by atoms with E-state index in [0.717, 1.165) is 28.2 Å². The second-order valence-corrected chi connectivity index (χ2v) is 7.93. The van der Waals surface area contributed by atoms with Crippen LogP contribution >= 0.6 is 0 Å². The fourth-order valence-corrected chi connectivity index (χ4v) is 4.48. The molecule has 1 aliphatic heterocycles. The molecule has 4 nitrogen and oxygen atoms in total. The highest BCUT2D eigenvalue weighted by Crippen LogP contribution is 2.39. The Morgan fingerprint density at radius 1 is 0.970 bits per heavy atom. The summed E-state index contributed by atoms with van der Waals surface area (Å²) >= 11 is 0. The molecule has 0 fully saturated rings. The molecule has 3 aromatic carbocycles. The molecule has 8 heteroatoms. The van der Waals surface area contributed by atoms with Gasteiger partial charge in [-0.15, -0.1) is 0 Å². The highest BCUT2D eigenvalue weighted by Gasteiger charge is 2.37. The van der Waals surface area contributed by atoms with E-state index in [9.17, 15) is 22.4 Å². The summed E-state index contributed by atoms with van der Waals surface area (Å²) in [5.74, 6) is -0.415. The highest BCUT2D eigenvalue weighted by atomic mass is 19.4. The van der Waals surface area contributed by atoms with Gasteiger partial charge in [0.1, 0.15) is 5.82 Å². The number of hydrogen-bond donors (Lipinski definition) is 2. The van der Waals surface area contributed by atoms with Crippen LogP contribution in [0.5, 0.6) is 0 Å². The summed E-state index contributed by atoms with van der Waals surface area (Å²) < 4.78 is 53.9. The van der Waals surface area contributed by atoms with Gasteiger partial charge in [0, 0.05) is 23.1 Å². The van der Waals surface area contributed by atoms with Crippen LogP contribution in [0, 0.1) is 5.82 Å². The molecule has 5 rings (SSSR count). The second kappa shape index (κ2) is 7.95. The number of carbonyl (C=O) groups excluding carboxylic acids is 1. The Morgan fingerprint density at radius 3 is 2.42 bits per heavy atom. The van der Waals surface area contributed by atoms with E-state index in [4.69, 9.17) is 0 Å². The Kier molecular flexibility index (Phi) is 5.08. The molecule has 0 bridgehead atoms. The molecule has 1 aliphatic rings. The van der Waals surface area contributed by atoms with E-state index < -0.39 is 29.6 Å². The van der Waals surface area contributed by atoms with Gasteiger partial charge in [-0.1, -0.05) is 42.5 Å². The molecule has 0 saturated carbocycles. The fraction of sp³-hybridized carbons (Fsp3) is 0.160. The number of nitrogens with zero attached hydrogens (tertiary/aromatic N) is 1. The molecule has 0 saturated heterocycles. The summed E-state index contributed by atoms with van der Waals surface area (Å²) in [5.41, 5.74) is 2.14. The number of urea groups is 1. The first-order valence-electron chi connectivity index (χ1n) is 10.4. The van der Waals surface area contributed by atoms with Gasteiger partial charge in [0.05, 0.1) is 17.3 Å². The molecule has 0 spiro atoms. The van der Waals surface area contributed by atoms with Crippen LogP contribution in [0.2, 0.25) is 0 Å². The van der Waals surface area contributed by atoms with Crippen LogP contribution < -0.4 is 5.32 Å². The smallest absolute Gasteiger partial charge is 0.356 e. The predicted octanol–water partition coefficient (Wildman–Crippen LogP) is 6.51. The van der Waals surface area contributed by atoms with Gasteiger partial charge in [-0.05, 0) is 47.9 Å². The lowest BCUT2D eigenvalue weighted by atomic mass is 9.92. The number of hydrogen-bond acceptors (Lipinski definition) is 1. The molecule has 2 N–H and O–H groups in total. The third kappa shape index (κ3) is 3.82. The zero-order valence-corrected chi connectivity index (χ0v) is 17.3. The van der Waals surface area contributed by atoms with Crippen LogP contribution in [0.1, 0.15) is 28.4 Å². The van der Waals surface area contributed by atoms with Crippen LogP contribution in [0.15, 0.2) is 72.8 Å². The zero-order chi connectivity index (χ0) is 23.2. The number of para-hydroxylation sites is 2. The monoisotopic (exact) mass is 453 g/mol. The molecule has 0 aliphatic carbocycles. The minimum Gasteiger partial charge on any atom is -0.356 e. The molecule has 2 amide bonds. The van der Waals surface area contributed by atoms with E-state index in [1.807, 2.05) is 24.3 Å². The lowest BCUT2D eigenvalue weighted by molar-refractivity contribution is -0.136. The third-order valence-corrected chi connectivity index (χ3v) is 5.96. The van der Waals surface area contributed by atoms with Gasteiger partial charge >= 0.3 is 12.2 Å². The molecule has 0 radical (unpaired) electrons. The van der Waals surface area contributed by atoms with Gasteiger partial charge in [0.25, 0.3) is 0 Å². The first-order chi connectivity index (χ1) is 15.8. The average Bonchev–Trinajstić information content (AvgIpc) is 3.17. The number of amides is 2. The van der Waals surface area contributed by atoms with Crippen LogP contribution in [0.3, 0.4) is 0 Å². The minimum atomic E-state index is -4.60. The molecule has 0 unspecified atom stereocenters. The molecule has 168 valence electrons. The van der Waals surface area contributed by atoms with Crippen molar-refractivity contribution in [3.05, 3.63) is 101 Å². The largest absolute Gasteiger partial charge is 0.418 e. The number of halogens is 4. The zero-order valence-electron chi connectivity index (χ0n) is 17.3. The van der Waals surface area contributed by atoms with Crippen molar-refractivity contribution in [2.75, 3.05) is 11.9 Å². The number of carbonyl (C=O) groups is 1. The number of H-pyrrole nitrogens is 1. The first kappa shape index (κ1) is 21.1. The van der Waals surface area contributed by atoms with Crippen LogP contribution in [-0.2, 0) is 12.6 Å². The number of nitrogens with one attached hydrogen (secondary N) is 2. The number of aromatic amines is 1. The predicted molar refractivity (Wildman–Crippen MR) is 117 cm³/mol. The number of aromatic nitrogens is 1. The van der Waals surface area contributed by atoms with Crippen molar-refractivity contribution >= 4 is 22.6 Å². The van der Waals surface area contributed by atoms with E-state index in [1.54, 1.807) is 12.1 Å². The molecule has 1 aromatic heterocycles. The van der Waals surface area contributed by atoms with Crippen molar-refractivity contribution in [3.63, 3.8) is 0 Å². The molecule has 33 heavy (non-hydrogen) atoms. The summed E-state index contributed by atoms with van der Waals surface area (Å²) in [5, 5.41) is 3.47. The maximum atomic E-state index is 13.6. The molecular weight excluding hydrogens is 434 g/mol. The number of alkyl halides is 3. The van der Waals surface area contributed by atoms with E-state index in [-0.39, 0.29) is 12.2 Å². The quantitative estimate of drug-likeness (QED) is 0.334. The molecular formula is C25H19F4N3O. The van der Waals surface area contributed by atoms with E-state index in [0.29, 0.717) is 12.0 Å². The Morgan fingerprint density at radius 2 is 1.67 bits per heavy atom. The Labute approximate surface area is 186 Å². The van der Waals surface area contributed by atoms with Gasteiger partial charge < -0.3 is 15.2 Å². The van der Waals surface area contributed by atoms with E-state index in [1.165, 1.54) is 35.2 Å². The minimum absolute atomic E-state index is 0.289. The number of benzene rings is 3. The van der Waals surface area contributed by atoms with E-state index in [2.05, 4.69) is 10.3 Å². The maximum Gasteiger partial charge on any atom is 0.418 e. The second-order valence-electron chi connectivity index (χ2n) is 7.93. The number of fused-ring (bicyclic) bond motifs is 3.